The zero-order valence-electron chi connectivity index (χ0n) is 12.9. The number of aryl methyl sites for hydroxylation is 1. The average Bonchev–Trinajstić information content (AvgIpc) is 2.54. The van der Waals surface area contributed by atoms with Crippen LogP contribution < -0.4 is 15.4 Å². The smallest absolute Gasteiger partial charge is 0.313 e. The number of hydrogen-bond acceptors (Lipinski definition) is 3. The summed E-state index contributed by atoms with van der Waals surface area (Å²) in [6.07, 6.45) is 0. The van der Waals surface area contributed by atoms with Gasteiger partial charge < -0.3 is 15.4 Å². The molecule has 2 aromatic rings. The predicted molar refractivity (Wildman–Crippen MR) is 89.7 cm³/mol. The average molecular weight is 333 g/mol. The third kappa shape index (κ3) is 4.72. The largest absolute Gasteiger partial charge is 0.495 e. The molecule has 0 aromatic heterocycles. The van der Waals surface area contributed by atoms with Crippen molar-refractivity contribution in [2.24, 2.45) is 0 Å². The van der Waals surface area contributed by atoms with Crippen molar-refractivity contribution in [3.63, 3.8) is 0 Å². The Bertz CT molecular complexity index is 714. The van der Waals surface area contributed by atoms with Gasteiger partial charge in [0.05, 0.1) is 12.8 Å². The van der Waals surface area contributed by atoms with Gasteiger partial charge in [-0.25, -0.2) is 0 Å². The van der Waals surface area contributed by atoms with E-state index in [0.29, 0.717) is 16.5 Å². The van der Waals surface area contributed by atoms with Crippen LogP contribution in [0.25, 0.3) is 0 Å². The summed E-state index contributed by atoms with van der Waals surface area (Å²) in [7, 11) is 1.47. The van der Waals surface area contributed by atoms with Crippen molar-refractivity contribution in [3.05, 3.63) is 58.6 Å². The van der Waals surface area contributed by atoms with E-state index in [1.165, 1.54) is 13.2 Å². The lowest BCUT2D eigenvalue weighted by Crippen LogP contribution is -2.35. The number of carbonyl (C=O) groups is 2. The van der Waals surface area contributed by atoms with Crippen molar-refractivity contribution < 1.29 is 14.3 Å². The second kappa shape index (κ2) is 7.65. The van der Waals surface area contributed by atoms with Crippen LogP contribution in [-0.2, 0) is 16.1 Å². The van der Waals surface area contributed by atoms with Gasteiger partial charge in [0, 0.05) is 11.6 Å². The summed E-state index contributed by atoms with van der Waals surface area (Å²) in [5.41, 5.74) is 2.39. The third-order valence-corrected chi connectivity index (χ3v) is 3.42. The van der Waals surface area contributed by atoms with Gasteiger partial charge in [-0.1, -0.05) is 41.4 Å². The topological polar surface area (TPSA) is 67.4 Å². The molecule has 0 aliphatic heterocycles. The fourth-order valence-corrected chi connectivity index (χ4v) is 2.10. The Morgan fingerprint density at radius 3 is 2.43 bits per heavy atom. The Morgan fingerprint density at radius 1 is 1.09 bits per heavy atom. The fourth-order valence-electron chi connectivity index (χ4n) is 1.93. The minimum atomic E-state index is -0.780. The maximum absolute atomic E-state index is 11.9. The van der Waals surface area contributed by atoms with E-state index in [1.54, 1.807) is 12.1 Å². The summed E-state index contributed by atoms with van der Waals surface area (Å²) in [4.78, 5) is 23.8. The SMILES string of the molecule is COc1ccc(Cl)cc1NC(=O)C(=O)NCc1ccc(C)cc1. The Morgan fingerprint density at radius 2 is 1.78 bits per heavy atom. The van der Waals surface area contributed by atoms with Gasteiger partial charge in [-0.3, -0.25) is 9.59 Å². The Balaban J connectivity index is 1.96. The van der Waals surface area contributed by atoms with Crippen molar-refractivity contribution in [1.29, 1.82) is 0 Å². The molecule has 0 saturated carbocycles. The van der Waals surface area contributed by atoms with Gasteiger partial charge in [0.15, 0.2) is 0 Å². The van der Waals surface area contributed by atoms with Gasteiger partial charge in [-0.2, -0.15) is 0 Å². The lowest BCUT2D eigenvalue weighted by atomic mass is 10.1. The highest BCUT2D eigenvalue weighted by Crippen LogP contribution is 2.27. The Labute approximate surface area is 139 Å². The molecule has 0 bridgehead atoms. The van der Waals surface area contributed by atoms with Gasteiger partial charge in [0.2, 0.25) is 0 Å². The summed E-state index contributed by atoms with van der Waals surface area (Å²) >= 11 is 5.88. The summed E-state index contributed by atoms with van der Waals surface area (Å²) in [6.45, 7) is 2.26. The van der Waals surface area contributed by atoms with E-state index in [9.17, 15) is 9.59 Å². The number of ether oxygens (including phenoxy) is 1. The first-order valence-electron chi connectivity index (χ1n) is 6.98. The molecule has 0 saturated heterocycles. The third-order valence-electron chi connectivity index (χ3n) is 3.19. The van der Waals surface area contributed by atoms with E-state index in [1.807, 2.05) is 31.2 Å². The zero-order valence-corrected chi connectivity index (χ0v) is 13.6. The molecule has 2 amide bonds. The van der Waals surface area contributed by atoms with E-state index in [0.717, 1.165) is 11.1 Å². The number of anilines is 1. The van der Waals surface area contributed by atoms with Crippen LogP contribution in [-0.4, -0.2) is 18.9 Å². The molecule has 120 valence electrons. The van der Waals surface area contributed by atoms with E-state index in [4.69, 9.17) is 16.3 Å². The number of rotatable bonds is 4. The lowest BCUT2D eigenvalue weighted by molar-refractivity contribution is -0.136. The Hall–Kier alpha value is -2.53. The van der Waals surface area contributed by atoms with Crippen molar-refractivity contribution >= 4 is 29.1 Å². The molecule has 5 nitrogen and oxygen atoms in total. The number of carbonyl (C=O) groups excluding carboxylic acids is 2. The highest BCUT2D eigenvalue weighted by molar-refractivity contribution is 6.40. The molecule has 0 aliphatic carbocycles. The van der Waals surface area contributed by atoms with Gasteiger partial charge in [0.1, 0.15) is 5.75 Å². The zero-order chi connectivity index (χ0) is 16.8. The molecule has 0 atom stereocenters. The minimum absolute atomic E-state index is 0.277. The molecular weight excluding hydrogens is 316 g/mol. The summed E-state index contributed by atoms with van der Waals surface area (Å²) in [5.74, 6) is -1.08. The number of amides is 2. The number of benzene rings is 2. The fraction of sp³-hybridized carbons (Fsp3) is 0.176. The van der Waals surface area contributed by atoms with Crippen molar-refractivity contribution in [2.45, 2.75) is 13.5 Å². The van der Waals surface area contributed by atoms with Gasteiger partial charge >= 0.3 is 11.8 Å². The maximum Gasteiger partial charge on any atom is 0.313 e. The molecule has 6 heteroatoms. The van der Waals surface area contributed by atoms with Gasteiger partial charge in [0.25, 0.3) is 0 Å². The molecule has 2 aromatic carbocycles. The van der Waals surface area contributed by atoms with Crippen LogP contribution in [0.1, 0.15) is 11.1 Å². The quantitative estimate of drug-likeness (QED) is 0.846. The number of methoxy groups -OCH3 is 1. The molecule has 23 heavy (non-hydrogen) atoms. The van der Waals surface area contributed by atoms with Crippen LogP contribution in [0.2, 0.25) is 5.02 Å². The highest BCUT2D eigenvalue weighted by atomic mass is 35.5. The first-order chi connectivity index (χ1) is 11.0. The second-order valence-corrected chi connectivity index (χ2v) is 5.40. The van der Waals surface area contributed by atoms with E-state index in [2.05, 4.69) is 10.6 Å². The second-order valence-electron chi connectivity index (χ2n) is 4.97. The minimum Gasteiger partial charge on any atom is -0.495 e. The monoisotopic (exact) mass is 332 g/mol. The first kappa shape index (κ1) is 16.8. The molecule has 0 aliphatic rings. The standard InChI is InChI=1S/C17H17ClN2O3/c1-11-3-5-12(6-4-11)10-19-16(21)17(22)20-14-9-13(18)7-8-15(14)23-2/h3-9H,10H2,1-2H3,(H,19,21)(H,20,22). The van der Waals surface area contributed by atoms with E-state index < -0.39 is 11.8 Å². The van der Waals surface area contributed by atoms with Crippen LogP contribution in [0.4, 0.5) is 5.69 Å². The van der Waals surface area contributed by atoms with Crippen LogP contribution in [0.15, 0.2) is 42.5 Å². The first-order valence-corrected chi connectivity index (χ1v) is 7.35. The predicted octanol–water partition coefficient (Wildman–Crippen LogP) is 2.91. The van der Waals surface area contributed by atoms with Crippen LogP contribution >= 0.6 is 11.6 Å². The normalized spacial score (nSPS) is 10.0. The molecule has 0 radical (unpaired) electrons. The lowest BCUT2D eigenvalue weighted by Gasteiger charge is -2.10. The summed E-state index contributed by atoms with van der Waals surface area (Å²) < 4.78 is 5.12. The van der Waals surface area contributed by atoms with Crippen LogP contribution in [0.3, 0.4) is 0 Å². The number of hydrogen-bond donors (Lipinski definition) is 2. The molecule has 2 rings (SSSR count). The number of nitrogens with one attached hydrogen (secondary N) is 2. The molecular formula is C17H17ClN2O3. The van der Waals surface area contributed by atoms with Crippen LogP contribution in [0.5, 0.6) is 5.75 Å². The molecule has 0 heterocycles. The number of halogens is 1. The molecule has 0 spiro atoms. The van der Waals surface area contributed by atoms with Gasteiger partial charge in [-0.05, 0) is 30.7 Å². The van der Waals surface area contributed by atoms with Gasteiger partial charge in [-0.15, -0.1) is 0 Å². The van der Waals surface area contributed by atoms with E-state index in [-0.39, 0.29) is 6.54 Å². The van der Waals surface area contributed by atoms with E-state index >= 15 is 0 Å². The van der Waals surface area contributed by atoms with Crippen molar-refractivity contribution in [1.82, 2.24) is 5.32 Å². The highest BCUT2D eigenvalue weighted by Gasteiger charge is 2.15. The molecule has 0 fully saturated rings. The molecule has 0 unspecified atom stereocenters. The van der Waals surface area contributed by atoms with Crippen molar-refractivity contribution in [3.8, 4) is 5.75 Å². The Kier molecular flexibility index (Phi) is 5.60. The van der Waals surface area contributed by atoms with Crippen molar-refractivity contribution in [2.75, 3.05) is 12.4 Å². The summed E-state index contributed by atoms with van der Waals surface area (Å²) in [6, 6.07) is 12.4. The maximum atomic E-state index is 11.9. The van der Waals surface area contributed by atoms with Crippen LogP contribution in [0, 0.1) is 6.92 Å². The molecule has 2 N–H and O–H groups in total. The summed E-state index contributed by atoms with van der Waals surface area (Å²) in [5, 5.41) is 5.48.